The van der Waals surface area contributed by atoms with Gasteiger partial charge in [-0.05, 0) is 49.2 Å². The molecule has 19 heavy (non-hydrogen) atoms. The van der Waals surface area contributed by atoms with Crippen LogP contribution in [0.4, 0.5) is 13.2 Å². The Morgan fingerprint density at radius 3 is 2.84 bits per heavy atom. The van der Waals surface area contributed by atoms with Crippen LogP contribution in [0.3, 0.4) is 0 Å². The molecule has 108 valence electrons. The third-order valence-corrected chi connectivity index (χ3v) is 3.34. The quantitative estimate of drug-likeness (QED) is 0.905. The minimum Gasteiger partial charge on any atom is -0.448 e. The van der Waals surface area contributed by atoms with Crippen LogP contribution >= 0.6 is 11.6 Å². The van der Waals surface area contributed by atoms with Crippen molar-refractivity contribution in [3.05, 3.63) is 23.1 Å². The average Bonchev–Trinajstić information content (AvgIpc) is 2.86. The van der Waals surface area contributed by atoms with E-state index >= 15 is 0 Å². The number of hydrogen-bond donors (Lipinski definition) is 1. The van der Waals surface area contributed by atoms with Gasteiger partial charge in [0.2, 0.25) is 0 Å². The topological polar surface area (TPSA) is 28.4 Å². The van der Waals surface area contributed by atoms with Gasteiger partial charge >= 0.3 is 6.18 Å². The maximum atomic E-state index is 12.2. The van der Waals surface area contributed by atoms with Crippen LogP contribution in [-0.4, -0.2) is 37.3 Å². The molecular formula is C12H16ClF3N2O. The van der Waals surface area contributed by atoms with Crippen LogP contribution in [0.25, 0.3) is 0 Å². The highest BCUT2D eigenvalue weighted by Crippen LogP contribution is 2.22. The highest BCUT2D eigenvalue weighted by Gasteiger charge is 2.34. The summed E-state index contributed by atoms with van der Waals surface area (Å²) in [6, 6.07) is 3.44. The maximum Gasteiger partial charge on any atom is 0.401 e. The van der Waals surface area contributed by atoms with E-state index in [2.05, 4.69) is 5.32 Å². The van der Waals surface area contributed by atoms with Gasteiger partial charge in [0.15, 0.2) is 5.22 Å². The first kappa shape index (κ1) is 14.7. The lowest BCUT2D eigenvalue weighted by Crippen LogP contribution is -2.33. The zero-order valence-corrected chi connectivity index (χ0v) is 11.1. The van der Waals surface area contributed by atoms with Crippen LogP contribution in [-0.2, 0) is 6.54 Å². The van der Waals surface area contributed by atoms with E-state index in [0.717, 1.165) is 12.2 Å². The van der Waals surface area contributed by atoms with Crippen molar-refractivity contribution >= 4 is 11.6 Å². The summed E-state index contributed by atoms with van der Waals surface area (Å²) >= 11 is 5.64. The Kier molecular flexibility index (Phi) is 4.76. The minimum absolute atomic E-state index is 0.257. The van der Waals surface area contributed by atoms with Gasteiger partial charge in [0, 0.05) is 6.54 Å². The third-order valence-electron chi connectivity index (χ3n) is 3.13. The van der Waals surface area contributed by atoms with E-state index in [1.165, 1.54) is 4.90 Å². The molecule has 1 unspecified atom stereocenters. The fraction of sp³-hybridized carbons (Fsp3) is 0.667. The number of hydrogen-bond acceptors (Lipinski definition) is 3. The zero-order chi connectivity index (χ0) is 13.9. The standard InChI is InChI=1S/C12H16ClF3N2O/c13-11-2-1-10(19-11)6-17-5-9-3-4-18(7-9)8-12(14,15)16/h1-2,9,17H,3-8H2. The summed E-state index contributed by atoms with van der Waals surface area (Å²) < 4.78 is 41.9. The smallest absolute Gasteiger partial charge is 0.401 e. The van der Waals surface area contributed by atoms with E-state index in [0.29, 0.717) is 31.4 Å². The predicted molar refractivity (Wildman–Crippen MR) is 66.0 cm³/mol. The lowest BCUT2D eigenvalue weighted by Gasteiger charge is -2.17. The Bertz CT molecular complexity index is 408. The molecule has 0 saturated carbocycles. The third kappa shape index (κ3) is 5.04. The van der Waals surface area contributed by atoms with Crippen LogP contribution in [0.2, 0.25) is 5.22 Å². The second-order valence-electron chi connectivity index (χ2n) is 4.84. The minimum atomic E-state index is -4.10. The van der Waals surface area contributed by atoms with E-state index in [-0.39, 0.29) is 5.92 Å². The highest BCUT2D eigenvalue weighted by atomic mass is 35.5. The van der Waals surface area contributed by atoms with Gasteiger partial charge in [-0.3, -0.25) is 4.90 Å². The zero-order valence-electron chi connectivity index (χ0n) is 10.3. The van der Waals surface area contributed by atoms with E-state index < -0.39 is 12.7 Å². The molecule has 3 nitrogen and oxygen atoms in total. The SMILES string of the molecule is FC(F)(F)CN1CCC(CNCc2ccc(Cl)o2)C1. The summed E-state index contributed by atoms with van der Waals surface area (Å²) in [6.45, 7) is 1.43. The summed E-state index contributed by atoms with van der Waals surface area (Å²) in [5.74, 6) is 0.989. The summed E-state index contributed by atoms with van der Waals surface area (Å²) in [7, 11) is 0. The number of rotatable bonds is 5. The van der Waals surface area contributed by atoms with Crippen LogP contribution < -0.4 is 5.32 Å². The van der Waals surface area contributed by atoms with Crippen LogP contribution in [0.15, 0.2) is 16.5 Å². The molecule has 2 heterocycles. The molecule has 1 fully saturated rings. The molecule has 1 N–H and O–H groups in total. The first-order valence-electron chi connectivity index (χ1n) is 6.16. The Morgan fingerprint density at radius 1 is 1.42 bits per heavy atom. The largest absolute Gasteiger partial charge is 0.448 e. The van der Waals surface area contributed by atoms with E-state index in [1.54, 1.807) is 12.1 Å². The summed E-state index contributed by atoms with van der Waals surface area (Å²) in [5.41, 5.74) is 0. The molecule has 0 radical (unpaired) electrons. The van der Waals surface area contributed by atoms with Crippen LogP contribution in [0.5, 0.6) is 0 Å². The molecule has 7 heteroatoms. The molecule has 1 aromatic heterocycles. The van der Waals surface area contributed by atoms with Gasteiger partial charge in [0.05, 0.1) is 13.1 Å². The number of furan rings is 1. The van der Waals surface area contributed by atoms with Gasteiger partial charge < -0.3 is 9.73 Å². The molecule has 1 atom stereocenters. The maximum absolute atomic E-state index is 12.2. The van der Waals surface area contributed by atoms with Crippen molar-refractivity contribution in [3.63, 3.8) is 0 Å². The van der Waals surface area contributed by atoms with Crippen molar-refractivity contribution in [2.45, 2.75) is 19.1 Å². The van der Waals surface area contributed by atoms with E-state index in [1.807, 2.05) is 0 Å². The number of halogens is 4. The highest BCUT2D eigenvalue weighted by molar-refractivity contribution is 6.28. The lowest BCUT2D eigenvalue weighted by molar-refractivity contribution is -0.143. The molecule has 0 aromatic carbocycles. The predicted octanol–water partition coefficient (Wildman–Crippen LogP) is 2.91. The molecule has 1 aliphatic rings. The average molecular weight is 297 g/mol. The van der Waals surface area contributed by atoms with Crippen LogP contribution in [0.1, 0.15) is 12.2 Å². The van der Waals surface area contributed by atoms with Gasteiger partial charge in [0.25, 0.3) is 0 Å². The Labute approximate surface area is 114 Å². The molecule has 0 bridgehead atoms. The van der Waals surface area contributed by atoms with E-state index in [4.69, 9.17) is 16.0 Å². The van der Waals surface area contributed by atoms with Crippen molar-refractivity contribution in [3.8, 4) is 0 Å². The molecule has 0 aliphatic carbocycles. The fourth-order valence-electron chi connectivity index (χ4n) is 2.32. The summed E-state index contributed by atoms with van der Waals surface area (Å²) in [4.78, 5) is 1.45. The molecule has 1 saturated heterocycles. The Morgan fingerprint density at radius 2 is 2.21 bits per heavy atom. The molecule has 1 aliphatic heterocycles. The number of alkyl halides is 3. The lowest BCUT2D eigenvalue weighted by atomic mass is 10.1. The monoisotopic (exact) mass is 296 g/mol. The van der Waals surface area contributed by atoms with Crippen molar-refractivity contribution in [2.75, 3.05) is 26.2 Å². The van der Waals surface area contributed by atoms with Crippen molar-refractivity contribution in [1.82, 2.24) is 10.2 Å². The van der Waals surface area contributed by atoms with Crippen molar-refractivity contribution in [2.24, 2.45) is 5.92 Å². The van der Waals surface area contributed by atoms with Crippen molar-refractivity contribution < 1.29 is 17.6 Å². The number of likely N-dealkylation sites (tertiary alicyclic amines) is 1. The fourth-order valence-corrected chi connectivity index (χ4v) is 2.48. The van der Waals surface area contributed by atoms with Gasteiger partial charge in [-0.15, -0.1) is 0 Å². The van der Waals surface area contributed by atoms with Gasteiger partial charge in [-0.1, -0.05) is 0 Å². The number of nitrogens with zero attached hydrogens (tertiary/aromatic N) is 1. The molecular weight excluding hydrogens is 281 g/mol. The van der Waals surface area contributed by atoms with Gasteiger partial charge in [0.1, 0.15) is 5.76 Å². The second kappa shape index (κ2) is 6.15. The Balaban J connectivity index is 1.65. The van der Waals surface area contributed by atoms with Crippen LogP contribution in [0, 0.1) is 5.92 Å². The first-order chi connectivity index (χ1) is 8.92. The summed E-state index contributed by atoms with van der Waals surface area (Å²) in [5, 5.41) is 3.52. The molecule has 1 aromatic rings. The second-order valence-corrected chi connectivity index (χ2v) is 5.21. The summed E-state index contributed by atoms with van der Waals surface area (Å²) in [6.07, 6.45) is -3.31. The van der Waals surface area contributed by atoms with E-state index in [9.17, 15) is 13.2 Å². The van der Waals surface area contributed by atoms with Gasteiger partial charge in [-0.2, -0.15) is 13.2 Å². The van der Waals surface area contributed by atoms with Gasteiger partial charge in [-0.25, -0.2) is 0 Å². The molecule has 0 spiro atoms. The first-order valence-corrected chi connectivity index (χ1v) is 6.54. The number of nitrogens with one attached hydrogen (secondary N) is 1. The molecule has 2 rings (SSSR count). The Hall–Kier alpha value is -0.720. The van der Waals surface area contributed by atoms with Crippen molar-refractivity contribution in [1.29, 1.82) is 0 Å². The normalized spacial score (nSPS) is 21.2. The molecule has 0 amide bonds.